The largest absolute Gasteiger partial charge is 0.389 e. The fourth-order valence-corrected chi connectivity index (χ4v) is 3.59. The molecule has 3 heteroatoms. The molecule has 0 amide bonds. The topological polar surface area (TPSA) is 38.0 Å². The highest BCUT2D eigenvalue weighted by Crippen LogP contribution is 2.37. The van der Waals surface area contributed by atoms with Gasteiger partial charge in [0.2, 0.25) is 0 Å². The standard InChI is InChI=1S/C17H30N2O/c1-13(2)10-15-6-5-8-17(20,11-15)12-16-7-9-19(18-16)14(3)4/h7,9,13-15,20H,5-6,8,10-12H2,1-4H3. The van der Waals surface area contributed by atoms with Crippen molar-refractivity contribution in [3.8, 4) is 0 Å². The Bertz CT molecular complexity index is 424. The number of hydrogen-bond acceptors (Lipinski definition) is 2. The Kier molecular flexibility index (Phi) is 4.90. The van der Waals surface area contributed by atoms with Crippen LogP contribution in [-0.4, -0.2) is 20.5 Å². The molecule has 3 nitrogen and oxygen atoms in total. The van der Waals surface area contributed by atoms with Crippen LogP contribution in [-0.2, 0) is 6.42 Å². The van der Waals surface area contributed by atoms with Crippen LogP contribution in [0.4, 0.5) is 0 Å². The van der Waals surface area contributed by atoms with Crippen LogP contribution >= 0.6 is 0 Å². The van der Waals surface area contributed by atoms with Gasteiger partial charge in [-0.3, -0.25) is 4.68 Å². The van der Waals surface area contributed by atoms with E-state index in [9.17, 15) is 5.11 Å². The van der Waals surface area contributed by atoms with Gasteiger partial charge in [-0.15, -0.1) is 0 Å². The second-order valence-electron chi connectivity index (χ2n) is 7.37. The summed E-state index contributed by atoms with van der Waals surface area (Å²) in [6.07, 6.45) is 8.28. The molecule has 2 rings (SSSR count). The zero-order chi connectivity index (χ0) is 14.8. The van der Waals surface area contributed by atoms with Gasteiger partial charge in [0, 0.05) is 18.7 Å². The lowest BCUT2D eigenvalue weighted by Gasteiger charge is -2.37. The van der Waals surface area contributed by atoms with Gasteiger partial charge in [-0.05, 0) is 51.0 Å². The highest BCUT2D eigenvalue weighted by atomic mass is 16.3. The van der Waals surface area contributed by atoms with Gasteiger partial charge in [0.05, 0.1) is 11.3 Å². The molecule has 114 valence electrons. The fourth-order valence-electron chi connectivity index (χ4n) is 3.59. The van der Waals surface area contributed by atoms with Crippen LogP contribution in [0.2, 0.25) is 0 Å². The lowest BCUT2D eigenvalue weighted by atomic mass is 9.73. The molecule has 1 aliphatic rings. The maximum Gasteiger partial charge on any atom is 0.0706 e. The third-order valence-electron chi connectivity index (χ3n) is 4.43. The Balaban J connectivity index is 1.98. The lowest BCUT2D eigenvalue weighted by Crippen LogP contribution is -2.38. The van der Waals surface area contributed by atoms with E-state index in [0.29, 0.717) is 18.4 Å². The van der Waals surface area contributed by atoms with Crippen molar-refractivity contribution in [2.75, 3.05) is 0 Å². The second kappa shape index (κ2) is 6.30. The Hall–Kier alpha value is -0.830. The van der Waals surface area contributed by atoms with Gasteiger partial charge in [-0.25, -0.2) is 0 Å². The Morgan fingerprint density at radius 2 is 2.15 bits per heavy atom. The van der Waals surface area contributed by atoms with E-state index in [1.54, 1.807) is 0 Å². The molecule has 0 spiro atoms. The minimum atomic E-state index is -0.534. The van der Waals surface area contributed by atoms with Crippen molar-refractivity contribution in [3.05, 3.63) is 18.0 Å². The number of hydrogen-bond donors (Lipinski definition) is 1. The second-order valence-corrected chi connectivity index (χ2v) is 7.37. The van der Waals surface area contributed by atoms with Crippen LogP contribution in [0.5, 0.6) is 0 Å². The van der Waals surface area contributed by atoms with Crippen LogP contribution in [0.3, 0.4) is 0 Å². The Morgan fingerprint density at radius 3 is 2.75 bits per heavy atom. The first-order valence-electron chi connectivity index (χ1n) is 8.14. The van der Waals surface area contributed by atoms with E-state index < -0.39 is 5.60 Å². The minimum absolute atomic E-state index is 0.387. The molecule has 2 atom stereocenters. The average molecular weight is 278 g/mol. The van der Waals surface area contributed by atoms with E-state index in [4.69, 9.17) is 0 Å². The summed E-state index contributed by atoms with van der Waals surface area (Å²) in [5.41, 5.74) is 0.500. The summed E-state index contributed by atoms with van der Waals surface area (Å²) in [5.74, 6) is 1.41. The fraction of sp³-hybridized carbons (Fsp3) is 0.824. The van der Waals surface area contributed by atoms with Crippen molar-refractivity contribution in [2.24, 2.45) is 11.8 Å². The van der Waals surface area contributed by atoms with E-state index in [-0.39, 0.29) is 0 Å². The normalized spacial score (nSPS) is 27.4. The molecule has 0 radical (unpaired) electrons. The predicted molar refractivity (Wildman–Crippen MR) is 82.7 cm³/mol. The summed E-state index contributed by atoms with van der Waals surface area (Å²) >= 11 is 0. The van der Waals surface area contributed by atoms with Crippen molar-refractivity contribution < 1.29 is 5.11 Å². The molecule has 0 aromatic carbocycles. The smallest absolute Gasteiger partial charge is 0.0706 e. The van der Waals surface area contributed by atoms with Crippen molar-refractivity contribution in [1.82, 2.24) is 9.78 Å². The van der Waals surface area contributed by atoms with E-state index in [1.807, 2.05) is 10.9 Å². The number of aliphatic hydroxyl groups is 1. The summed E-state index contributed by atoms with van der Waals surface area (Å²) in [7, 11) is 0. The molecule has 1 saturated carbocycles. The monoisotopic (exact) mass is 278 g/mol. The van der Waals surface area contributed by atoms with Gasteiger partial charge >= 0.3 is 0 Å². The summed E-state index contributed by atoms with van der Waals surface area (Å²) in [5, 5.41) is 15.5. The Labute approximate surface area is 123 Å². The molecular weight excluding hydrogens is 248 g/mol. The quantitative estimate of drug-likeness (QED) is 0.885. The first-order chi connectivity index (χ1) is 9.38. The molecule has 1 aromatic heterocycles. The van der Waals surface area contributed by atoms with Gasteiger partial charge in [0.25, 0.3) is 0 Å². The molecule has 2 unspecified atom stereocenters. The van der Waals surface area contributed by atoms with Crippen LogP contribution in [0.1, 0.15) is 71.5 Å². The number of nitrogens with zero attached hydrogens (tertiary/aromatic N) is 2. The van der Waals surface area contributed by atoms with Crippen LogP contribution in [0, 0.1) is 11.8 Å². The van der Waals surface area contributed by atoms with E-state index in [2.05, 4.69) is 38.9 Å². The predicted octanol–water partition coefficient (Wildman–Crippen LogP) is 3.97. The van der Waals surface area contributed by atoms with Crippen LogP contribution in [0.25, 0.3) is 0 Å². The van der Waals surface area contributed by atoms with Gasteiger partial charge in [-0.1, -0.05) is 26.7 Å². The molecule has 1 aromatic rings. The minimum Gasteiger partial charge on any atom is -0.389 e. The van der Waals surface area contributed by atoms with Crippen LogP contribution in [0.15, 0.2) is 12.3 Å². The summed E-state index contributed by atoms with van der Waals surface area (Å²) in [6, 6.07) is 2.45. The third kappa shape index (κ3) is 4.08. The van der Waals surface area contributed by atoms with Gasteiger partial charge < -0.3 is 5.11 Å². The number of aromatic nitrogens is 2. The van der Waals surface area contributed by atoms with Crippen molar-refractivity contribution in [1.29, 1.82) is 0 Å². The highest BCUT2D eigenvalue weighted by molar-refractivity contribution is 5.05. The first-order valence-corrected chi connectivity index (χ1v) is 8.14. The van der Waals surface area contributed by atoms with Crippen molar-refractivity contribution in [3.63, 3.8) is 0 Å². The van der Waals surface area contributed by atoms with Gasteiger partial charge in [0.15, 0.2) is 0 Å². The maximum absolute atomic E-state index is 10.9. The van der Waals surface area contributed by atoms with E-state index >= 15 is 0 Å². The summed E-state index contributed by atoms with van der Waals surface area (Å²) in [6.45, 7) is 8.81. The number of rotatable bonds is 5. The molecule has 1 fully saturated rings. The molecule has 0 bridgehead atoms. The lowest BCUT2D eigenvalue weighted by molar-refractivity contribution is -0.0197. The molecule has 0 saturated heterocycles. The summed E-state index contributed by atoms with van der Waals surface area (Å²) in [4.78, 5) is 0. The van der Waals surface area contributed by atoms with Gasteiger partial charge in [0.1, 0.15) is 0 Å². The maximum atomic E-state index is 10.9. The molecule has 1 N–H and O–H groups in total. The van der Waals surface area contributed by atoms with E-state index in [1.165, 1.54) is 12.8 Å². The molecule has 0 aliphatic heterocycles. The zero-order valence-corrected chi connectivity index (χ0v) is 13.5. The Morgan fingerprint density at radius 1 is 1.40 bits per heavy atom. The first kappa shape index (κ1) is 15.6. The van der Waals surface area contributed by atoms with Gasteiger partial charge in [-0.2, -0.15) is 5.10 Å². The SMILES string of the molecule is CC(C)CC1CCCC(O)(Cc2ccn(C(C)C)n2)C1. The van der Waals surface area contributed by atoms with E-state index in [0.717, 1.165) is 30.9 Å². The van der Waals surface area contributed by atoms with Crippen molar-refractivity contribution >= 4 is 0 Å². The van der Waals surface area contributed by atoms with Crippen molar-refractivity contribution in [2.45, 2.75) is 77.9 Å². The van der Waals surface area contributed by atoms with Crippen LogP contribution < -0.4 is 0 Å². The highest BCUT2D eigenvalue weighted by Gasteiger charge is 2.35. The zero-order valence-electron chi connectivity index (χ0n) is 13.5. The molecular formula is C17H30N2O. The molecule has 1 heterocycles. The average Bonchev–Trinajstić information content (AvgIpc) is 2.75. The third-order valence-corrected chi connectivity index (χ3v) is 4.43. The molecule has 20 heavy (non-hydrogen) atoms. The molecule has 1 aliphatic carbocycles. The summed E-state index contributed by atoms with van der Waals surface area (Å²) < 4.78 is 1.98.